The largest absolute Gasteiger partial charge is 0.343 e. The maximum atomic E-state index is 11.8. The van der Waals surface area contributed by atoms with Crippen LogP contribution in [0, 0.1) is 0 Å². The molecule has 0 atom stereocenters. The SMILES string of the molecule is O=CN1CCN(CCC(=O)Nc2ccc(Br)cc2)CC1. The summed E-state index contributed by atoms with van der Waals surface area (Å²) in [6.45, 7) is 3.90. The average Bonchev–Trinajstić information content (AvgIpc) is 2.48. The van der Waals surface area contributed by atoms with E-state index in [2.05, 4.69) is 26.1 Å². The molecular weight excluding hydrogens is 322 g/mol. The Labute approximate surface area is 127 Å². The molecule has 1 heterocycles. The number of rotatable bonds is 5. The van der Waals surface area contributed by atoms with Crippen LogP contribution < -0.4 is 5.32 Å². The van der Waals surface area contributed by atoms with E-state index in [1.54, 1.807) is 4.90 Å². The Morgan fingerprint density at radius 2 is 1.85 bits per heavy atom. The minimum Gasteiger partial charge on any atom is -0.343 e. The molecule has 1 aliphatic rings. The Morgan fingerprint density at radius 3 is 2.45 bits per heavy atom. The Bertz CT molecular complexity index is 456. The number of nitrogens with zero attached hydrogens (tertiary/aromatic N) is 2. The Hall–Kier alpha value is -1.40. The summed E-state index contributed by atoms with van der Waals surface area (Å²) in [7, 11) is 0. The van der Waals surface area contributed by atoms with Crippen molar-refractivity contribution in [3.8, 4) is 0 Å². The molecular formula is C14H18BrN3O2. The lowest BCUT2D eigenvalue weighted by Crippen LogP contribution is -2.46. The van der Waals surface area contributed by atoms with Crippen LogP contribution in [0.1, 0.15) is 6.42 Å². The van der Waals surface area contributed by atoms with Crippen molar-refractivity contribution in [2.45, 2.75) is 6.42 Å². The van der Waals surface area contributed by atoms with Gasteiger partial charge in [-0.15, -0.1) is 0 Å². The molecule has 0 radical (unpaired) electrons. The fraction of sp³-hybridized carbons (Fsp3) is 0.429. The highest BCUT2D eigenvalue weighted by Crippen LogP contribution is 2.14. The highest BCUT2D eigenvalue weighted by molar-refractivity contribution is 9.10. The van der Waals surface area contributed by atoms with Gasteiger partial charge in [0.2, 0.25) is 12.3 Å². The molecule has 108 valence electrons. The summed E-state index contributed by atoms with van der Waals surface area (Å²) in [6, 6.07) is 7.53. The number of amides is 2. The number of halogens is 1. The van der Waals surface area contributed by atoms with Gasteiger partial charge in [0.25, 0.3) is 0 Å². The first-order valence-electron chi connectivity index (χ1n) is 6.64. The Morgan fingerprint density at radius 1 is 1.20 bits per heavy atom. The van der Waals surface area contributed by atoms with Gasteiger partial charge in [-0.3, -0.25) is 14.5 Å². The fourth-order valence-corrected chi connectivity index (χ4v) is 2.37. The first-order valence-corrected chi connectivity index (χ1v) is 7.44. The number of nitrogens with one attached hydrogen (secondary N) is 1. The molecule has 0 spiro atoms. The third kappa shape index (κ3) is 4.61. The second-order valence-corrected chi connectivity index (χ2v) is 5.70. The van der Waals surface area contributed by atoms with E-state index in [0.717, 1.165) is 49.3 Å². The van der Waals surface area contributed by atoms with E-state index in [1.807, 2.05) is 24.3 Å². The summed E-state index contributed by atoms with van der Waals surface area (Å²) < 4.78 is 0.989. The van der Waals surface area contributed by atoms with Gasteiger partial charge in [0, 0.05) is 49.3 Å². The molecule has 1 aromatic carbocycles. The van der Waals surface area contributed by atoms with E-state index in [-0.39, 0.29) is 5.91 Å². The number of carbonyl (C=O) groups is 2. The van der Waals surface area contributed by atoms with E-state index in [9.17, 15) is 9.59 Å². The molecule has 6 heteroatoms. The van der Waals surface area contributed by atoms with Crippen molar-refractivity contribution < 1.29 is 9.59 Å². The minimum atomic E-state index is 0.0186. The van der Waals surface area contributed by atoms with Gasteiger partial charge in [-0.25, -0.2) is 0 Å². The molecule has 0 saturated carbocycles. The summed E-state index contributed by atoms with van der Waals surface area (Å²) in [5.74, 6) is 0.0186. The predicted octanol–water partition coefficient (Wildman–Crippen LogP) is 1.55. The third-order valence-corrected chi connectivity index (χ3v) is 3.87. The maximum Gasteiger partial charge on any atom is 0.225 e. The Kier molecular flexibility index (Phi) is 5.55. The molecule has 1 fully saturated rings. The zero-order valence-corrected chi connectivity index (χ0v) is 12.8. The molecule has 0 aromatic heterocycles. The standard InChI is InChI=1S/C14H18BrN3O2/c15-12-1-3-13(4-2-12)16-14(20)5-6-17-7-9-18(11-19)10-8-17/h1-4,11H,5-10H2,(H,16,20). The predicted molar refractivity (Wildman–Crippen MR) is 81.5 cm³/mol. The second kappa shape index (κ2) is 7.40. The van der Waals surface area contributed by atoms with Gasteiger partial charge in [-0.2, -0.15) is 0 Å². The number of piperazine rings is 1. The van der Waals surface area contributed by atoms with Crippen molar-refractivity contribution in [2.24, 2.45) is 0 Å². The quantitative estimate of drug-likeness (QED) is 0.828. The number of anilines is 1. The lowest BCUT2D eigenvalue weighted by atomic mass is 10.2. The van der Waals surface area contributed by atoms with Crippen LogP contribution in [-0.2, 0) is 9.59 Å². The third-order valence-electron chi connectivity index (χ3n) is 3.34. The molecule has 1 N–H and O–H groups in total. The Balaban J connectivity index is 1.70. The van der Waals surface area contributed by atoms with Crippen LogP contribution in [0.5, 0.6) is 0 Å². The lowest BCUT2D eigenvalue weighted by molar-refractivity contribution is -0.120. The molecule has 1 aliphatic heterocycles. The van der Waals surface area contributed by atoms with Crippen LogP contribution in [0.15, 0.2) is 28.7 Å². The fourth-order valence-electron chi connectivity index (χ4n) is 2.11. The van der Waals surface area contributed by atoms with Gasteiger partial charge >= 0.3 is 0 Å². The summed E-state index contributed by atoms with van der Waals surface area (Å²) in [5.41, 5.74) is 0.809. The molecule has 0 aliphatic carbocycles. The first-order chi connectivity index (χ1) is 9.67. The van der Waals surface area contributed by atoms with Gasteiger partial charge in [-0.1, -0.05) is 15.9 Å². The summed E-state index contributed by atoms with van der Waals surface area (Å²) >= 11 is 3.36. The van der Waals surface area contributed by atoms with Crippen molar-refractivity contribution in [3.05, 3.63) is 28.7 Å². The van der Waals surface area contributed by atoms with Crippen LogP contribution in [0.4, 0.5) is 5.69 Å². The lowest BCUT2D eigenvalue weighted by Gasteiger charge is -2.32. The topological polar surface area (TPSA) is 52.7 Å². The highest BCUT2D eigenvalue weighted by atomic mass is 79.9. The maximum absolute atomic E-state index is 11.8. The van der Waals surface area contributed by atoms with E-state index in [0.29, 0.717) is 6.42 Å². The van der Waals surface area contributed by atoms with Crippen LogP contribution in [0.2, 0.25) is 0 Å². The molecule has 20 heavy (non-hydrogen) atoms. The number of benzene rings is 1. The van der Waals surface area contributed by atoms with Gasteiger partial charge in [0.1, 0.15) is 0 Å². The van der Waals surface area contributed by atoms with Gasteiger partial charge < -0.3 is 10.2 Å². The van der Waals surface area contributed by atoms with Crippen molar-refractivity contribution in [3.63, 3.8) is 0 Å². The van der Waals surface area contributed by atoms with E-state index < -0.39 is 0 Å². The normalized spacial score (nSPS) is 15.9. The molecule has 5 nitrogen and oxygen atoms in total. The van der Waals surface area contributed by atoms with Crippen LogP contribution in [-0.4, -0.2) is 54.8 Å². The number of hydrogen-bond donors (Lipinski definition) is 1. The zero-order chi connectivity index (χ0) is 14.4. The molecule has 0 unspecified atom stereocenters. The monoisotopic (exact) mass is 339 g/mol. The van der Waals surface area contributed by atoms with Crippen LogP contribution in [0.25, 0.3) is 0 Å². The molecule has 2 rings (SSSR count). The zero-order valence-electron chi connectivity index (χ0n) is 11.2. The first kappa shape index (κ1) is 15.0. The summed E-state index contributed by atoms with van der Waals surface area (Å²) in [5, 5.41) is 2.88. The smallest absolute Gasteiger partial charge is 0.225 e. The highest BCUT2D eigenvalue weighted by Gasteiger charge is 2.15. The van der Waals surface area contributed by atoms with Gasteiger partial charge in [0.05, 0.1) is 0 Å². The molecule has 1 aromatic rings. The van der Waals surface area contributed by atoms with Crippen molar-refractivity contribution in [1.29, 1.82) is 0 Å². The van der Waals surface area contributed by atoms with Gasteiger partial charge in [0.15, 0.2) is 0 Å². The molecule has 1 saturated heterocycles. The van der Waals surface area contributed by atoms with Crippen LogP contribution in [0.3, 0.4) is 0 Å². The second-order valence-electron chi connectivity index (χ2n) is 4.79. The average molecular weight is 340 g/mol. The summed E-state index contributed by atoms with van der Waals surface area (Å²) in [6.07, 6.45) is 1.36. The number of hydrogen-bond acceptors (Lipinski definition) is 3. The van der Waals surface area contributed by atoms with Crippen molar-refractivity contribution >= 4 is 33.9 Å². The molecule has 0 bridgehead atoms. The molecule has 2 amide bonds. The van der Waals surface area contributed by atoms with Gasteiger partial charge in [-0.05, 0) is 24.3 Å². The van der Waals surface area contributed by atoms with Crippen molar-refractivity contribution in [2.75, 3.05) is 38.0 Å². The van der Waals surface area contributed by atoms with Crippen molar-refractivity contribution in [1.82, 2.24) is 9.80 Å². The number of carbonyl (C=O) groups excluding carboxylic acids is 2. The van der Waals surface area contributed by atoms with E-state index >= 15 is 0 Å². The summed E-state index contributed by atoms with van der Waals surface area (Å²) in [4.78, 5) is 26.4. The minimum absolute atomic E-state index is 0.0186. The van der Waals surface area contributed by atoms with E-state index in [1.165, 1.54) is 0 Å². The van der Waals surface area contributed by atoms with E-state index in [4.69, 9.17) is 0 Å². The van der Waals surface area contributed by atoms with Crippen LogP contribution >= 0.6 is 15.9 Å².